The van der Waals surface area contributed by atoms with Crippen molar-refractivity contribution in [1.29, 1.82) is 0 Å². The van der Waals surface area contributed by atoms with E-state index in [1.807, 2.05) is 37.4 Å². The molecule has 1 aromatic heterocycles. The third-order valence-corrected chi connectivity index (χ3v) is 5.50. The fraction of sp³-hybridized carbons (Fsp3) is 0.118. The van der Waals surface area contributed by atoms with Crippen LogP contribution in [0.2, 0.25) is 0 Å². The van der Waals surface area contributed by atoms with Crippen molar-refractivity contribution < 1.29 is 8.42 Å². The Morgan fingerprint density at radius 1 is 1.04 bits per heavy atom. The fourth-order valence-electron chi connectivity index (χ4n) is 2.20. The largest absolute Gasteiger partial charge is 0.280 e. The normalized spacial score (nSPS) is 11.4. The van der Waals surface area contributed by atoms with Gasteiger partial charge in [0.05, 0.1) is 15.6 Å². The fourth-order valence-corrected chi connectivity index (χ4v) is 3.99. The second-order valence-corrected chi connectivity index (χ2v) is 8.00. The molecule has 23 heavy (non-hydrogen) atoms. The van der Waals surface area contributed by atoms with Crippen molar-refractivity contribution >= 4 is 27.0 Å². The highest BCUT2D eigenvalue weighted by atomic mass is 32.2. The second-order valence-electron chi connectivity index (χ2n) is 5.25. The van der Waals surface area contributed by atoms with Gasteiger partial charge in [-0.25, -0.2) is 13.4 Å². The van der Waals surface area contributed by atoms with Crippen molar-refractivity contribution in [3.05, 3.63) is 64.5 Å². The van der Waals surface area contributed by atoms with E-state index in [4.69, 9.17) is 0 Å². The van der Waals surface area contributed by atoms with Gasteiger partial charge in [0, 0.05) is 16.6 Å². The maximum atomic E-state index is 12.4. The lowest BCUT2D eigenvalue weighted by atomic mass is 10.1. The van der Waals surface area contributed by atoms with Gasteiger partial charge in [-0.3, -0.25) is 4.72 Å². The minimum absolute atomic E-state index is 0.261. The van der Waals surface area contributed by atoms with E-state index in [1.54, 1.807) is 41.7 Å². The van der Waals surface area contributed by atoms with Gasteiger partial charge in [0.1, 0.15) is 0 Å². The molecule has 1 heterocycles. The predicted molar refractivity (Wildman–Crippen MR) is 94.3 cm³/mol. The first kappa shape index (κ1) is 15.7. The number of nitrogens with zero attached hydrogens (tertiary/aromatic N) is 1. The van der Waals surface area contributed by atoms with Gasteiger partial charge < -0.3 is 0 Å². The Kier molecular flexibility index (Phi) is 4.19. The Bertz CT molecular complexity index is 929. The third-order valence-electron chi connectivity index (χ3n) is 3.35. The summed E-state index contributed by atoms with van der Waals surface area (Å²) in [7, 11) is -3.57. The van der Waals surface area contributed by atoms with Crippen LogP contribution in [-0.4, -0.2) is 13.4 Å². The number of hydrogen-bond acceptors (Lipinski definition) is 4. The van der Waals surface area contributed by atoms with E-state index in [2.05, 4.69) is 9.71 Å². The highest BCUT2D eigenvalue weighted by Gasteiger charge is 2.14. The molecule has 118 valence electrons. The average Bonchev–Trinajstić information content (AvgIpc) is 2.94. The minimum Gasteiger partial charge on any atom is -0.280 e. The van der Waals surface area contributed by atoms with Crippen molar-refractivity contribution in [1.82, 2.24) is 4.98 Å². The molecule has 0 saturated carbocycles. The Balaban J connectivity index is 1.83. The summed E-state index contributed by atoms with van der Waals surface area (Å²) in [5.74, 6) is 0. The lowest BCUT2D eigenvalue weighted by Gasteiger charge is -2.09. The molecular formula is C17H16N2O2S2. The zero-order chi connectivity index (χ0) is 16.4. The second kappa shape index (κ2) is 6.14. The summed E-state index contributed by atoms with van der Waals surface area (Å²) in [6.45, 7) is 3.82. The molecule has 3 rings (SSSR count). The van der Waals surface area contributed by atoms with Gasteiger partial charge in [-0.15, -0.1) is 11.3 Å². The molecule has 0 amide bonds. The molecule has 0 atom stereocenters. The number of rotatable bonds is 4. The maximum absolute atomic E-state index is 12.4. The number of thiazole rings is 1. The van der Waals surface area contributed by atoms with Crippen LogP contribution in [0, 0.1) is 13.8 Å². The predicted octanol–water partition coefficient (Wildman–Crippen LogP) is 4.23. The summed E-state index contributed by atoms with van der Waals surface area (Å²) >= 11 is 1.59. The van der Waals surface area contributed by atoms with E-state index in [0.717, 1.165) is 21.8 Å². The molecule has 0 saturated heterocycles. The van der Waals surface area contributed by atoms with E-state index >= 15 is 0 Å². The highest BCUT2D eigenvalue weighted by Crippen LogP contribution is 2.24. The van der Waals surface area contributed by atoms with E-state index in [9.17, 15) is 8.42 Å². The molecule has 1 N–H and O–H groups in total. The summed E-state index contributed by atoms with van der Waals surface area (Å²) in [4.78, 5) is 4.68. The maximum Gasteiger partial charge on any atom is 0.261 e. The summed E-state index contributed by atoms with van der Waals surface area (Å²) in [5, 5.41) is 2.99. The van der Waals surface area contributed by atoms with Crippen LogP contribution < -0.4 is 4.72 Å². The number of hydrogen-bond donors (Lipinski definition) is 1. The summed E-state index contributed by atoms with van der Waals surface area (Å²) in [6, 6.07) is 14.1. The summed E-state index contributed by atoms with van der Waals surface area (Å²) < 4.78 is 27.4. The van der Waals surface area contributed by atoms with Gasteiger partial charge in [0.25, 0.3) is 10.0 Å². The molecule has 0 aliphatic carbocycles. The van der Waals surface area contributed by atoms with Crippen molar-refractivity contribution in [2.24, 2.45) is 0 Å². The number of anilines is 1. The molecule has 0 spiro atoms. The lowest BCUT2D eigenvalue weighted by molar-refractivity contribution is 0.601. The quantitative estimate of drug-likeness (QED) is 0.770. The van der Waals surface area contributed by atoms with Gasteiger partial charge >= 0.3 is 0 Å². The first-order valence-electron chi connectivity index (χ1n) is 7.06. The number of aryl methyl sites for hydroxylation is 2. The molecule has 2 aromatic carbocycles. The van der Waals surface area contributed by atoms with Crippen LogP contribution >= 0.6 is 11.3 Å². The SMILES string of the molecule is Cc1cccc(S(=O)(=O)Nc2ccc(-c3csc(C)n3)cc2)c1. The van der Waals surface area contributed by atoms with Crippen LogP contribution in [-0.2, 0) is 10.0 Å². The molecule has 3 aromatic rings. The summed E-state index contributed by atoms with van der Waals surface area (Å²) in [6.07, 6.45) is 0. The molecular weight excluding hydrogens is 328 g/mol. The Morgan fingerprint density at radius 2 is 1.78 bits per heavy atom. The smallest absolute Gasteiger partial charge is 0.261 e. The van der Waals surface area contributed by atoms with Crippen LogP contribution in [0.25, 0.3) is 11.3 Å². The zero-order valence-corrected chi connectivity index (χ0v) is 14.4. The molecule has 0 bridgehead atoms. The van der Waals surface area contributed by atoms with Gasteiger partial charge in [0.15, 0.2) is 0 Å². The van der Waals surface area contributed by atoms with Gasteiger partial charge in [0.2, 0.25) is 0 Å². The van der Waals surface area contributed by atoms with Crippen molar-refractivity contribution in [2.45, 2.75) is 18.7 Å². The Hall–Kier alpha value is -2.18. The minimum atomic E-state index is -3.57. The molecule has 0 unspecified atom stereocenters. The van der Waals surface area contributed by atoms with E-state index in [-0.39, 0.29) is 4.90 Å². The van der Waals surface area contributed by atoms with Gasteiger partial charge in [-0.2, -0.15) is 0 Å². The van der Waals surface area contributed by atoms with Crippen molar-refractivity contribution in [2.75, 3.05) is 4.72 Å². The van der Waals surface area contributed by atoms with E-state index in [1.165, 1.54) is 0 Å². The molecule has 6 heteroatoms. The van der Waals surface area contributed by atoms with Gasteiger partial charge in [-0.05, 0) is 43.7 Å². The number of aromatic nitrogens is 1. The standard InChI is InChI=1S/C17H16N2O2S2/c1-12-4-3-5-16(10-12)23(20,21)19-15-8-6-14(7-9-15)17-11-22-13(2)18-17/h3-11,19H,1-2H3. The lowest BCUT2D eigenvalue weighted by Crippen LogP contribution is -2.12. The van der Waals surface area contributed by atoms with Crippen LogP contribution in [0.4, 0.5) is 5.69 Å². The molecule has 4 nitrogen and oxygen atoms in total. The Morgan fingerprint density at radius 3 is 2.39 bits per heavy atom. The van der Waals surface area contributed by atoms with Crippen LogP contribution in [0.15, 0.2) is 58.8 Å². The monoisotopic (exact) mass is 344 g/mol. The Labute approximate surface area is 139 Å². The van der Waals surface area contributed by atoms with Crippen molar-refractivity contribution in [3.63, 3.8) is 0 Å². The first-order chi connectivity index (χ1) is 10.9. The molecule has 0 aliphatic rings. The molecule has 0 radical (unpaired) electrons. The number of nitrogens with one attached hydrogen (secondary N) is 1. The zero-order valence-electron chi connectivity index (χ0n) is 12.8. The van der Waals surface area contributed by atoms with E-state index in [0.29, 0.717) is 5.69 Å². The topological polar surface area (TPSA) is 59.1 Å². The van der Waals surface area contributed by atoms with Crippen LogP contribution in [0.1, 0.15) is 10.6 Å². The molecule has 0 aliphatic heterocycles. The van der Waals surface area contributed by atoms with Gasteiger partial charge in [-0.1, -0.05) is 24.3 Å². The number of benzene rings is 2. The highest BCUT2D eigenvalue weighted by molar-refractivity contribution is 7.92. The van der Waals surface area contributed by atoms with E-state index < -0.39 is 10.0 Å². The third kappa shape index (κ3) is 3.60. The first-order valence-corrected chi connectivity index (χ1v) is 9.42. The summed E-state index contributed by atoms with van der Waals surface area (Å²) in [5.41, 5.74) is 3.30. The van der Waals surface area contributed by atoms with Crippen LogP contribution in [0.3, 0.4) is 0 Å². The van der Waals surface area contributed by atoms with Crippen molar-refractivity contribution in [3.8, 4) is 11.3 Å². The number of sulfonamides is 1. The molecule has 0 fully saturated rings. The average molecular weight is 344 g/mol. The van der Waals surface area contributed by atoms with Crippen LogP contribution in [0.5, 0.6) is 0 Å².